The molecule has 0 unspecified atom stereocenters. The highest BCUT2D eigenvalue weighted by Crippen LogP contribution is 2.22. The van der Waals surface area contributed by atoms with Crippen molar-refractivity contribution in [3.63, 3.8) is 0 Å². The van der Waals surface area contributed by atoms with E-state index in [1.54, 1.807) is 20.3 Å². The summed E-state index contributed by atoms with van der Waals surface area (Å²) in [5.74, 6) is 1.55. The quantitative estimate of drug-likeness (QED) is 0.867. The van der Waals surface area contributed by atoms with Crippen LogP contribution in [0.5, 0.6) is 11.8 Å². The van der Waals surface area contributed by atoms with Gasteiger partial charge in [-0.3, -0.25) is 4.90 Å². The molecule has 0 bridgehead atoms. The monoisotopic (exact) mass is 294 g/mol. The number of methoxy groups -OCH3 is 2. The fourth-order valence-corrected chi connectivity index (χ4v) is 2.90. The lowest BCUT2D eigenvalue weighted by atomic mass is 9.98. The first-order chi connectivity index (χ1) is 10.1. The van der Waals surface area contributed by atoms with Gasteiger partial charge in [0.15, 0.2) is 0 Å². The van der Waals surface area contributed by atoms with Crippen LogP contribution in [0.2, 0.25) is 0 Å². The van der Waals surface area contributed by atoms with E-state index in [1.165, 1.54) is 19.3 Å². The molecule has 2 atom stereocenters. The van der Waals surface area contributed by atoms with Crippen LogP contribution in [0.15, 0.2) is 6.07 Å². The van der Waals surface area contributed by atoms with Gasteiger partial charge >= 0.3 is 0 Å². The van der Waals surface area contributed by atoms with Gasteiger partial charge in [-0.15, -0.1) is 0 Å². The zero-order valence-electron chi connectivity index (χ0n) is 13.4. The van der Waals surface area contributed by atoms with E-state index in [0.29, 0.717) is 29.8 Å². The normalized spacial score (nSPS) is 22.9. The summed E-state index contributed by atoms with van der Waals surface area (Å²) >= 11 is 0. The molecular formula is C15H26N4O2. The van der Waals surface area contributed by atoms with Gasteiger partial charge in [-0.1, -0.05) is 6.42 Å². The molecule has 1 fully saturated rings. The van der Waals surface area contributed by atoms with Crippen molar-refractivity contribution in [2.24, 2.45) is 0 Å². The van der Waals surface area contributed by atoms with Crippen molar-refractivity contribution in [1.29, 1.82) is 0 Å². The molecule has 2 rings (SSSR count). The van der Waals surface area contributed by atoms with Crippen molar-refractivity contribution >= 4 is 5.95 Å². The van der Waals surface area contributed by atoms with E-state index in [2.05, 4.69) is 34.0 Å². The maximum absolute atomic E-state index is 5.15. The first-order valence-electron chi connectivity index (χ1n) is 7.60. The summed E-state index contributed by atoms with van der Waals surface area (Å²) in [6.07, 6.45) is 3.91. The predicted molar refractivity (Wildman–Crippen MR) is 83.1 cm³/mol. The fraction of sp³-hybridized carbons (Fsp3) is 0.733. The van der Waals surface area contributed by atoms with Crippen molar-refractivity contribution < 1.29 is 9.47 Å². The topological polar surface area (TPSA) is 59.5 Å². The SMILES string of the molecule is COc1cc(OC)nc(NCCN2[C@H](C)CCC[C@@H]2C)n1. The highest BCUT2D eigenvalue weighted by Gasteiger charge is 2.23. The third kappa shape index (κ3) is 4.20. The second-order valence-corrected chi connectivity index (χ2v) is 5.57. The van der Waals surface area contributed by atoms with E-state index in [9.17, 15) is 0 Å². The number of piperidine rings is 1. The van der Waals surface area contributed by atoms with Gasteiger partial charge in [-0.2, -0.15) is 9.97 Å². The van der Waals surface area contributed by atoms with Crippen LogP contribution in [0, 0.1) is 0 Å². The molecule has 6 heteroatoms. The Morgan fingerprint density at radius 3 is 2.24 bits per heavy atom. The lowest BCUT2D eigenvalue weighted by Gasteiger charge is -2.39. The Kier molecular flexibility index (Phi) is 5.61. The third-order valence-corrected chi connectivity index (χ3v) is 4.13. The molecule has 0 saturated carbocycles. The van der Waals surface area contributed by atoms with E-state index in [1.807, 2.05) is 0 Å². The molecule has 1 aliphatic heterocycles. The van der Waals surface area contributed by atoms with Crippen LogP contribution >= 0.6 is 0 Å². The van der Waals surface area contributed by atoms with Crippen LogP contribution in [0.25, 0.3) is 0 Å². The highest BCUT2D eigenvalue weighted by atomic mass is 16.5. The first kappa shape index (κ1) is 15.8. The third-order valence-electron chi connectivity index (χ3n) is 4.13. The molecule has 1 aromatic rings. The second-order valence-electron chi connectivity index (χ2n) is 5.57. The minimum absolute atomic E-state index is 0.504. The van der Waals surface area contributed by atoms with E-state index in [-0.39, 0.29) is 0 Å². The second kappa shape index (κ2) is 7.45. The number of likely N-dealkylation sites (tertiary alicyclic amines) is 1. The van der Waals surface area contributed by atoms with Crippen LogP contribution in [0.1, 0.15) is 33.1 Å². The van der Waals surface area contributed by atoms with Crippen molar-refractivity contribution in [1.82, 2.24) is 14.9 Å². The number of nitrogens with one attached hydrogen (secondary N) is 1. The number of nitrogens with zero attached hydrogens (tertiary/aromatic N) is 3. The van der Waals surface area contributed by atoms with Gasteiger partial charge in [0.1, 0.15) is 0 Å². The zero-order valence-corrected chi connectivity index (χ0v) is 13.4. The average Bonchev–Trinajstić information content (AvgIpc) is 2.49. The van der Waals surface area contributed by atoms with Crippen LogP contribution in [0.4, 0.5) is 5.95 Å². The van der Waals surface area contributed by atoms with Gasteiger partial charge in [0.25, 0.3) is 0 Å². The molecule has 0 aliphatic carbocycles. The van der Waals surface area contributed by atoms with Crippen LogP contribution < -0.4 is 14.8 Å². The summed E-state index contributed by atoms with van der Waals surface area (Å²) in [6, 6.07) is 2.97. The summed E-state index contributed by atoms with van der Waals surface area (Å²) in [5.41, 5.74) is 0. The van der Waals surface area contributed by atoms with Crippen molar-refractivity contribution in [3.05, 3.63) is 6.07 Å². The smallest absolute Gasteiger partial charge is 0.229 e. The number of hydrogen-bond acceptors (Lipinski definition) is 6. The molecule has 118 valence electrons. The van der Waals surface area contributed by atoms with Gasteiger partial charge in [-0.05, 0) is 26.7 Å². The van der Waals surface area contributed by atoms with Crippen molar-refractivity contribution in [3.8, 4) is 11.8 Å². The fourth-order valence-electron chi connectivity index (χ4n) is 2.90. The Labute approximate surface area is 126 Å². The molecule has 0 aromatic carbocycles. The molecule has 0 radical (unpaired) electrons. The van der Waals surface area contributed by atoms with Crippen LogP contribution in [-0.2, 0) is 0 Å². The summed E-state index contributed by atoms with van der Waals surface area (Å²) in [5, 5.41) is 3.26. The molecule has 1 saturated heterocycles. The van der Waals surface area contributed by atoms with Gasteiger partial charge in [-0.25, -0.2) is 0 Å². The summed E-state index contributed by atoms with van der Waals surface area (Å²) < 4.78 is 10.3. The molecule has 1 aromatic heterocycles. The average molecular weight is 294 g/mol. The zero-order chi connectivity index (χ0) is 15.2. The van der Waals surface area contributed by atoms with Crippen LogP contribution in [-0.4, -0.2) is 54.3 Å². The van der Waals surface area contributed by atoms with Gasteiger partial charge < -0.3 is 14.8 Å². The van der Waals surface area contributed by atoms with Gasteiger partial charge in [0.2, 0.25) is 17.7 Å². The first-order valence-corrected chi connectivity index (χ1v) is 7.60. The maximum atomic E-state index is 5.15. The number of ether oxygens (including phenoxy) is 2. The van der Waals surface area contributed by atoms with E-state index in [0.717, 1.165) is 13.1 Å². The van der Waals surface area contributed by atoms with Gasteiger partial charge in [0, 0.05) is 25.2 Å². The minimum Gasteiger partial charge on any atom is -0.481 e. The lowest BCUT2D eigenvalue weighted by Crippen LogP contribution is -2.45. The molecule has 1 aliphatic rings. The maximum Gasteiger partial charge on any atom is 0.229 e. The number of rotatable bonds is 6. The van der Waals surface area contributed by atoms with E-state index < -0.39 is 0 Å². The molecule has 21 heavy (non-hydrogen) atoms. The minimum atomic E-state index is 0.504. The summed E-state index contributed by atoms with van der Waals surface area (Å²) in [7, 11) is 3.17. The summed E-state index contributed by atoms with van der Waals surface area (Å²) in [4.78, 5) is 11.1. The number of anilines is 1. The predicted octanol–water partition coefficient (Wildman–Crippen LogP) is 2.17. The largest absolute Gasteiger partial charge is 0.481 e. The number of hydrogen-bond donors (Lipinski definition) is 1. The Morgan fingerprint density at radius 2 is 1.71 bits per heavy atom. The molecule has 1 N–H and O–H groups in total. The standard InChI is InChI=1S/C15H26N4O2/c1-11-6-5-7-12(2)19(11)9-8-16-15-17-13(20-3)10-14(18-15)21-4/h10-12H,5-9H2,1-4H3,(H,16,17,18)/t11-,12+. The Hall–Kier alpha value is -1.56. The van der Waals surface area contributed by atoms with Crippen LogP contribution in [0.3, 0.4) is 0 Å². The Balaban J connectivity index is 1.90. The molecule has 0 spiro atoms. The molecular weight excluding hydrogens is 268 g/mol. The van der Waals surface area contributed by atoms with E-state index >= 15 is 0 Å². The molecule has 2 heterocycles. The van der Waals surface area contributed by atoms with Gasteiger partial charge in [0.05, 0.1) is 20.3 Å². The Morgan fingerprint density at radius 1 is 1.14 bits per heavy atom. The molecule has 6 nitrogen and oxygen atoms in total. The summed E-state index contributed by atoms with van der Waals surface area (Å²) in [6.45, 7) is 6.41. The van der Waals surface area contributed by atoms with Crippen molar-refractivity contribution in [2.75, 3.05) is 32.6 Å². The van der Waals surface area contributed by atoms with Crippen molar-refractivity contribution in [2.45, 2.75) is 45.2 Å². The highest BCUT2D eigenvalue weighted by molar-refractivity contribution is 5.33. The van der Waals surface area contributed by atoms with E-state index in [4.69, 9.17) is 9.47 Å². The Bertz CT molecular complexity index is 423. The number of aromatic nitrogens is 2. The lowest BCUT2D eigenvalue weighted by molar-refractivity contribution is 0.109. The molecule has 0 amide bonds.